The number of anilines is 1. The second-order valence-corrected chi connectivity index (χ2v) is 22.4. The van der Waals surface area contributed by atoms with Crippen LogP contribution in [0, 0.1) is 34.9 Å². The first-order valence-electron chi connectivity index (χ1n) is 19.1. The fourth-order valence-corrected chi connectivity index (χ4v) is 15.5. The first-order valence-corrected chi connectivity index (χ1v) is 21.3. The van der Waals surface area contributed by atoms with Gasteiger partial charge in [0.05, 0.1) is 16.5 Å². The normalized spacial score (nSPS) is 25.5. The van der Waals surface area contributed by atoms with E-state index >= 15 is 8.78 Å². The molecule has 3 aliphatic heterocycles. The average molecular weight is 743 g/mol. The Kier molecular flexibility index (Phi) is 8.94. The fraction of sp³-hybridized carbons (Fsp3) is 0.537. The molecule has 1 saturated carbocycles. The van der Waals surface area contributed by atoms with Gasteiger partial charge in [-0.15, -0.1) is 5.54 Å². The van der Waals surface area contributed by atoms with E-state index < -0.39 is 31.4 Å². The van der Waals surface area contributed by atoms with E-state index in [2.05, 4.69) is 72.8 Å². The minimum Gasteiger partial charge on any atom is -0.508 e. The molecule has 0 spiro atoms. The highest BCUT2D eigenvalue weighted by molar-refractivity contribution is 6.90. The molecule has 4 fully saturated rings. The molecule has 280 valence electrons. The quantitative estimate of drug-likeness (QED) is 0.140. The van der Waals surface area contributed by atoms with Crippen LogP contribution in [-0.4, -0.2) is 83.6 Å². The first-order chi connectivity index (χ1) is 25.2. The van der Waals surface area contributed by atoms with Gasteiger partial charge >= 0.3 is 6.01 Å². The van der Waals surface area contributed by atoms with E-state index in [1.807, 2.05) is 0 Å². The third-order valence-corrected chi connectivity index (χ3v) is 19.3. The molecule has 0 bridgehead atoms. The van der Waals surface area contributed by atoms with Gasteiger partial charge in [-0.3, -0.25) is 9.88 Å². The molecule has 4 aliphatic rings. The van der Waals surface area contributed by atoms with E-state index in [-0.39, 0.29) is 46.7 Å². The van der Waals surface area contributed by atoms with Gasteiger partial charge in [0.25, 0.3) is 0 Å². The summed E-state index contributed by atoms with van der Waals surface area (Å²) in [4.78, 5) is 18.3. The SMILES string of the molecule is CC(C)[Si](C#Cc1c(F)ccc2cc(O)cc(-c3ncc4c(N5C[C@@H]6C(N)[C@@H]6C5)nc(OC[C@@]56CCCN5C[C@H](F)C6)nc4c3F)c12)(C(C)C)C(C)C. The van der Waals surface area contributed by atoms with Gasteiger partial charge in [-0.1, -0.05) is 53.5 Å². The zero-order valence-corrected chi connectivity index (χ0v) is 32.4. The second kappa shape index (κ2) is 13.1. The number of halogens is 3. The summed E-state index contributed by atoms with van der Waals surface area (Å²) >= 11 is 0. The molecule has 2 aromatic carbocycles. The van der Waals surface area contributed by atoms with Gasteiger partial charge in [-0.25, -0.2) is 13.2 Å². The van der Waals surface area contributed by atoms with E-state index in [9.17, 15) is 9.50 Å². The van der Waals surface area contributed by atoms with Crippen molar-refractivity contribution >= 4 is 35.6 Å². The molecular weight excluding hydrogens is 694 g/mol. The number of ether oxygens (including phenoxy) is 1. The molecule has 12 heteroatoms. The van der Waals surface area contributed by atoms with Crippen molar-refractivity contribution < 1.29 is 23.0 Å². The van der Waals surface area contributed by atoms with Crippen molar-refractivity contribution in [1.82, 2.24) is 19.9 Å². The van der Waals surface area contributed by atoms with Gasteiger partial charge in [0.2, 0.25) is 0 Å². The number of hydrogen-bond acceptors (Lipinski definition) is 8. The molecular formula is C41H49F3N6O2Si. The number of hydrogen-bond donors (Lipinski definition) is 2. The number of phenols is 1. The predicted molar refractivity (Wildman–Crippen MR) is 205 cm³/mol. The Bertz CT molecular complexity index is 2140. The lowest BCUT2D eigenvalue weighted by atomic mass is 9.95. The molecule has 0 radical (unpaired) electrons. The van der Waals surface area contributed by atoms with Crippen molar-refractivity contribution in [3.8, 4) is 34.5 Å². The Balaban J connectivity index is 1.28. The number of aromatic hydroxyl groups is 1. The Morgan fingerprint density at radius 2 is 1.75 bits per heavy atom. The molecule has 3 saturated heterocycles. The lowest BCUT2D eigenvalue weighted by Crippen LogP contribution is -2.43. The van der Waals surface area contributed by atoms with Gasteiger partial charge in [-0.05, 0) is 71.4 Å². The van der Waals surface area contributed by atoms with E-state index in [1.165, 1.54) is 18.2 Å². The van der Waals surface area contributed by atoms with Gasteiger partial charge < -0.3 is 20.5 Å². The lowest BCUT2D eigenvalue weighted by molar-refractivity contribution is 0.107. The predicted octanol–water partition coefficient (Wildman–Crippen LogP) is 7.75. The van der Waals surface area contributed by atoms with Crippen LogP contribution in [0.4, 0.5) is 19.0 Å². The summed E-state index contributed by atoms with van der Waals surface area (Å²) in [6, 6.07) is 6.02. The molecule has 53 heavy (non-hydrogen) atoms. The Morgan fingerprint density at radius 1 is 1.04 bits per heavy atom. The van der Waals surface area contributed by atoms with Crippen molar-refractivity contribution in [2.45, 2.75) is 95.2 Å². The molecule has 0 amide bonds. The fourth-order valence-electron chi connectivity index (χ4n) is 10.2. The standard InChI is InChI=1S/C41H49F3N6O2Si/c1-22(2)53(23(3)4,24(5)6)13-10-28-33(43)9-8-25-14-27(51)15-29(34(25)28)37-35(44)38-30(17-46-37)39(49-19-31-32(20-49)36(31)45)48-40(47-38)52-21-41-11-7-12-50(41)18-26(42)16-41/h8-9,14-15,17,22-24,26,31-32,36,51H,7,11-12,16,18-21,45H2,1-6H3/t26-,31-,32+,36?,41+/m1/s1. The number of nitrogens with two attached hydrogens (primary N) is 1. The number of phenolic OH excluding ortho intramolecular Hbond substituents is 1. The highest BCUT2D eigenvalue weighted by Gasteiger charge is 2.54. The largest absolute Gasteiger partial charge is 0.508 e. The molecule has 3 N–H and O–H groups in total. The number of pyridine rings is 1. The molecule has 1 unspecified atom stereocenters. The summed E-state index contributed by atoms with van der Waals surface area (Å²) in [6.07, 6.45) is 2.78. The molecule has 8 rings (SSSR count). The Labute approximate surface area is 310 Å². The monoisotopic (exact) mass is 742 g/mol. The van der Waals surface area contributed by atoms with Crippen LogP contribution in [-0.2, 0) is 0 Å². The highest BCUT2D eigenvalue weighted by atomic mass is 28.3. The van der Waals surface area contributed by atoms with E-state index in [0.717, 1.165) is 19.4 Å². The van der Waals surface area contributed by atoms with Crippen LogP contribution >= 0.6 is 0 Å². The summed E-state index contributed by atoms with van der Waals surface area (Å²) in [7, 11) is -2.27. The number of fused-ring (bicyclic) bond motifs is 4. The summed E-state index contributed by atoms with van der Waals surface area (Å²) < 4.78 is 54.1. The van der Waals surface area contributed by atoms with E-state index in [4.69, 9.17) is 15.5 Å². The van der Waals surface area contributed by atoms with Crippen LogP contribution in [0.2, 0.25) is 16.6 Å². The second-order valence-electron chi connectivity index (χ2n) is 16.8. The minimum absolute atomic E-state index is 0.00168. The number of benzene rings is 2. The number of rotatable bonds is 8. The molecule has 4 aromatic rings. The van der Waals surface area contributed by atoms with Gasteiger partial charge in [0.1, 0.15) is 49.4 Å². The Morgan fingerprint density at radius 3 is 2.45 bits per heavy atom. The Hall–Kier alpha value is -3.92. The minimum atomic E-state index is -2.27. The summed E-state index contributed by atoms with van der Waals surface area (Å²) in [5, 5.41) is 12.2. The topological polar surface area (TPSA) is 101 Å². The van der Waals surface area contributed by atoms with E-state index in [0.29, 0.717) is 76.5 Å². The summed E-state index contributed by atoms with van der Waals surface area (Å²) in [5.74, 6) is 3.07. The maximum atomic E-state index is 17.2. The molecule has 2 aromatic heterocycles. The third-order valence-electron chi connectivity index (χ3n) is 13.0. The first kappa shape index (κ1) is 36.1. The van der Waals surface area contributed by atoms with Crippen LogP contribution in [0.3, 0.4) is 0 Å². The third kappa shape index (κ3) is 5.85. The van der Waals surface area contributed by atoms with Crippen LogP contribution in [0.15, 0.2) is 30.5 Å². The van der Waals surface area contributed by atoms with Crippen LogP contribution in [0.5, 0.6) is 11.8 Å². The van der Waals surface area contributed by atoms with Crippen molar-refractivity contribution in [2.24, 2.45) is 17.6 Å². The molecule has 5 atom stereocenters. The number of aromatic nitrogens is 3. The van der Waals surface area contributed by atoms with Crippen molar-refractivity contribution in [3.63, 3.8) is 0 Å². The van der Waals surface area contributed by atoms with E-state index in [1.54, 1.807) is 12.3 Å². The smallest absolute Gasteiger partial charge is 0.319 e. The maximum Gasteiger partial charge on any atom is 0.319 e. The number of piperidine rings is 1. The lowest BCUT2D eigenvalue weighted by Gasteiger charge is -2.38. The summed E-state index contributed by atoms with van der Waals surface area (Å²) in [6.45, 7) is 15.9. The van der Waals surface area contributed by atoms with Crippen molar-refractivity contribution in [2.75, 3.05) is 37.7 Å². The molecule has 5 heterocycles. The highest BCUT2D eigenvalue weighted by Crippen LogP contribution is 2.47. The van der Waals surface area contributed by atoms with Crippen LogP contribution in [0.25, 0.3) is 32.9 Å². The number of alkyl halides is 1. The van der Waals surface area contributed by atoms with Crippen LogP contribution in [0.1, 0.15) is 66.4 Å². The zero-order valence-electron chi connectivity index (χ0n) is 31.4. The van der Waals surface area contributed by atoms with Crippen molar-refractivity contribution in [1.29, 1.82) is 0 Å². The molecule has 8 nitrogen and oxygen atoms in total. The number of nitrogens with zero attached hydrogens (tertiary/aromatic N) is 5. The average Bonchev–Trinajstić information content (AvgIpc) is 3.47. The van der Waals surface area contributed by atoms with Gasteiger partial charge in [0.15, 0.2) is 5.82 Å². The molecule has 1 aliphatic carbocycles. The van der Waals surface area contributed by atoms with Gasteiger partial charge in [-0.2, -0.15) is 9.97 Å². The summed E-state index contributed by atoms with van der Waals surface area (Å²) in [5.41, 5.74) is 10.7. The van der Waals surface area contributed by atoms with Crippen molar-refractivity contribution in [3.05, 3.63) is 47.7 Å². The van der Waals surface area contributed by atoms with Gasteiger partial charge in [0, 0.05) is 49.2 Å². The van der Waals surface area contributed by atoms with Crippen LogP contribution < -0.4 is 15.4 Å². The maximum absolute atomic E-state index is 17.2. The zero-order chi connectivity index (χ0) is 37.6.